The van der Waals surface area contributed by atoms with Crippen LogP contribution in [0.3, 0.4) is 0 Å². The van der Waals surface area contributed by atoms with E-state index in [-0.39, 0.29) is 0 Å². The van der Waals surface area contributed by atoms with Crippen molar-refractivity contribution in [3.8, 4) is 5.75 Å². The number of carbonyl (C=O) groups is 1. The van der Waals surface area contributed by atoms with E-state index >= 15 is 0 Å². The van der Waals surface area contributed by atoms with Crippen LogP contribution in [0.5, 0.6) is 5.75 Å². The third-order valence-electron chi connectivity index (χ3n) is 3.00. The smallest absolute Gasteiger partial charge is 0.328 e. The van der Waals surface area contributed by atoms with E-state index in [0.717, 1.165) is 28.6 Å². The van der Waals surface area contributed by atoms with Crippen LogP contribution in [0, 0.1) is 6.92 Å². The molecule has 2 aromatic rings. The molecule has 0 aliphatic carbocycles. The molecule has 0 saturated heterocycles. The Morgan fingerprint density at radius 3 is 2.85 bits per heavy atom. The molecule has 2 rings (SSSR count). The third kappa shape index (κ3) is 3.26. The summed E-state index contributed by atoms with van der Waals surface area (Å²) in [6, 6.07) is 7.46. The van der Waals surface area contributed by atoms with Gasteiger partial charge in [-0.3, -0.25) is 4.68 Å². The van der Waals surface area contributed by atoms with Crippen LogP contribution in [0.1, 0.15) is 16.8 Å². The van der Waals surface area contributed by atoms with Crippen molar-refractivity contribution >= 4 is 12.0 Å². The zero-order valence-electron chi connectivity index (χ0n) is 11.4. The van der Waals surface area contributed by atoms with Crippen LogP contribution in [0.4, 0.5) is 0 Å². The van der Waals surface area contributed by atoms with Crippen molar-refractivity contribution < 1.29 is 14.6 Å². The summed E-state index contributed by atoms with van der Waals surface area (Å²) in [7, 11) is 1.60. The van der Waals surface area contributed by atoms with E-state index in [1.807, 2.05) is 29.8 Å². The Labute approximate surface area is 117 Å². The van der Waals surface area contributed by atoms with Crippen LogP contribution in [0.15, 0.2) is 36.5 Å². The van der Waals surface area contributed by atoms with Gasteiger partial charge in [-0.05, 0) is 42.3 Å². The Hall–Kier alpha value is -2.56. The summed E-state index contributed by atoms with van der Waals surface area (Å²) in [6.45, 7) is 2.54. The van der Waals surface area contributed by atoms with Gasteiger partial charge in [0.1, 0.15) is 5.75 Å². The topological polar surface area (TPSA) is 64.3 Å². The number of carboxylic acids is 1. The van der Waals surface area contributed by atoms with Gasteiger partial charge in [0.15, 0.2) is 0 Å². The predicted octanol–water partition coefficient (Wildman–Crippen LogP) is 2.35. The number of nitrogens with zero attached hydrogens (tertiary/aromatic N) is 2. The average Bonchev–Trinajstić information content (AvgIpc) is 2.82. The molecule has 0 aliphatic heterocycles. The maximum atomic E-state index is 10.6. The van der Waals surface area contributed by atoms with E-state index in [0.29, 0.717) is 6.54 Å². The highest BCUT2D eigenvalue weighted by Gasteiger charge is 2.06. The molecule has 1 aromatic heterocycles. The lowest BCUT2D eigenvalue weighted by Gasteiger charge is -2.10. The second-order valence-corrected chi connectivity index (χ2v) is 4.37. The number of hydrogen-bond donors (Lipinski definition) is 1. The zero-order valence-corrected chi connectivity index (χ0v) is 11.4. The van der Waals surface area contributed by atoms with Gasteiger partial charge in [-0.1, -0.05) is 6.07 Å². The molecular weight excluding hydrogens is 256 g/mol. The lowest BCUT2D eigenvalue weighted by molar-refractivity contribution is -0.131. The standard InChI is InChI=1S/C15H16N2O3/c1-11-7-8-16-17(11)10-13-9-14(20-2)5-3-12(13)4-6-15(18)19/h3-9H,10H2,1-2H3,(H,18,19). The van der Waals surface area contributed by atoms with E-state index in [4.69, 9.17) is 9.84 Å². The van der Waals surface area contributed by atoms with Crippen LogP contribution in [0.2, 0.25) is 0 Å². The quantitative estimate of drug-likeness (QED) is 0.848. The molecule has 1 N–H and O–H groups in total. The van der Waals surface area contributed by atoms with E-state index in [9.17, 15) is 4.79 Å². The Bertz CT molecular complexity index is 644. The number of aryl methyl sites for hydroxylation is 1. The Morgan fingerprint density at radius 2 is 2.25 bits per heavy atom. The molecule has 1 aromatic carbocycles. The van der Waals surface area contributed by atoms with Crippen LogP contribution in [0.25, 0.3) is 6.08 Å². The van der Waals surface area contributed by atoms with Crippen LogP contribution in [-0.2, 0) is 11.3 Å². The zero-order chi connectivity index (χ0) is 14.5. The normalized spacial score (nSPS) is 10.9. The largest absolute Gasteiger partial charge is 0.497 e. The predicted molar refractivity (Wildman–Crippen MR) is 75.7 cm³/mol. The molecular formula is C15H16N2O3. The number of rotatable bonds is 5. The summed E-state index contributed by atoms with van der Waals surface area (Å²) in [5, 5.41) is 13.0. The van der Waals surface area contributed by atoms with Crippen molar-refractivity contribution in [3.63, 3.8) is 0 Å². The number of methoxy groups -OCH3 is 1. The number of carboxylic acid groups (broad SMARTS) is 1. The molecule has 0 spiro atoms. The summed E-state index contributed by atoms with van der Waals surface area (Å²) in [5.41, 5.74) is 2.83. The lowest BCUT2D eigenvalue weighted by atomic mass is 10.1. The van der Waals surface area contributed by atoms with Gasteiger partial charge in [-0.25, -0.2) is 4.79 Å². The third-order valence-corrected chi connectivity index (χ3v) is 3.00. The van der Waals surface area contributed by atoms with Gasteiger partial charge in [-0.2, -0.15) is 5.10 Å². The van der Waals surface area contributed by atoms with Crippen molar-refractivity contribution in [2.45, 2.75) is 13.5 Å². The average molecular weight is 272 g/mol. The van der Waals surface area contributed by atoms with Crippen molar-refractivity contribution in [3.05, 3.63) is 53.4 Å². The van der Waals surface area contributed by atoms with Crippen LogP contribution in [-0.4, -0.2) is 28.0 Å². The maximum Gasteiger partial charge on any atom is 0.328 e. The Balaban J connectivity index is 2.37. The fourth-order valence-electron chi connectivity index (χ4n) is 1.90. The number of hydrogen-bond acceptors (Lipinski definition) is 3. The summed E-state index contributed by atoms with van der Waals surface area (Å²) in [6.07, 6.45) is 4.44. The first-order chi connectivity index (χ1) is 9.60. The minimum absolute atomic E-state index is 0.565. The molecule has 0 aliphatic rings. The highest BCUT2D eigenvalue weighted by molar-refractivity contribution is 5.85. The van der Waals surface area contributed by atoms with Crippen molar-refractivity contribution in [1.29, 1.82) is 0 Å². The van der Waals surface area contributed by atoms with Crippen LogP contribution < -0.4 is 4.74 Å². The molecule has 1 heterocycles. The molecule has 0 amide bonds. The highest BCUT2D eigenvalue weighted by Crippen LogP contribution is 2.20. The molecule has 0 saturated carbocycles. The van der Waals surface area contributed by atoms with E-state index in [1.165, 1.54) is 0 Å². The summed E-state index contributed by atoms with van der Waals surface area (Å²) in [5.74, 6) is -0.237. The van der Waals surface area contributed by atoms with Gasteiger partial charge in [0, 0.05) is 18.0 Å². The molecule has 104 valence electrons. The number of aromatic nitrogens is 2. The fourth-order valence-corrected chi connectivity index (χ4v) is 1.90. The molecule has 20 heavy (non-hydrogen) atoms. The minimum atomic E-state index is -0.970. The number of aliphatic carboxylic acids is 1. The summed E-state index contributed by atoms with van der Waals surface area (Å²) in [4.78, 5) is 10.6. The van der Waals surface area contributed by atoms with Crippen molar-refractivity contribution in [1.82, 2.24) is 9.78 Å². The molecule has 0 unspecified atom stereocenters. The van der Waals surface area contributed by atoms with E-state index in [1.54, 1.807) is 25.4 Å². The monoisotopic (exact) mass is 272 g/mol. The van der Waals surface area contributed by atoms with Gasteiger partial charge in [0.2, 0.25) is 0 Å². The Morgan fingerprint density at radius 1 is 1.45 bits per heavy atom. The maximum absolute atomic E-state index is 10.6. The van der Waals surface area contributed by atoms with Gasteiger partial charge >= 0.3 is 5.97 Å². The van der Waals surface area contributed by atoms with Gasteiger partial charge in [0.25, 0.3) is 0 Å². The fraction of sp³-hybridized carbons (Fsp3) is 0.200. The van der Waals surface area contributed by atoms with Gasteiger partial charge in [0.05, 0.1) is 13.7 Å². The first-order valence-electron chi connectivity index (χ1n) is 6.16. The number of ether oxygens (including phenoxy) is 1. The number of benzene rings is 1. The molecule has 0 radical (unpaired) electrons. The van der Waals surface area contributed by atoms with Crippen molar-refractivity contribution in [2.24, 2.45) is 0 Å². The van der Waals surface area contributed by atoms with Crippen molar-refractivity contribution in [2.75, 3.05) is 7.11 Å². The molecule has 5 heteroatoms. The molecule has 0 bridgehead atoms. The van der Waals surface area contributed by atoms with Gasteiger partial charge < -0.3 is 9.84 Å². The summed E-state index contributed by atoms with van der Waals surface area (Å²) < 4.78 is 7.07. The summed E-state index contributed by atoms with van der Waals surface area (Å²) >= 11 is 0. The lowest BCUT2D eigenvalue weighted by Crippen LogP contribution is -2.05. The minimum Gasteiger partial charge on any atom is -0.497 e. The molecule has 0 atom stereocenters. The second-order valence-electron chi connectivity index (χ2n) is 4.37. The first kappa shape index (κ1) is 13.9. The first-order valence-corrected chi connectivity index (χ1v) is 6.16. The van der Waals surface area contributed by atoms with E-state index < -0.39 is 5.97 Å². The SMILES string of the molecule is COc1ccc(C=CC(=O)O)c(Cn2nccc2C)c1. The van der Waals surface area contributed by atoms with Gasteiger partial charge in [-0.15, -0.1) is 0 Å². The highest BCUT2D eigenvalue weighted by atomic mass is 16.5. The molecule has 5 nitrogen and oxygen atoms in total. The molecule has 0 fully saturated rings. The second kappa shape index (κ2) is 6.06. The van der Waals surface area contributed by atoms with Crippen LogP contribution >= 0.6 is 0 Å². The van der Waals surface area contributed by atoms with E-state index in [2.05, 4.69) is 5.10 Å². The Kier molecular flexibility index (Phi) is 4.20.